The summed E-state index contributed by atoms with van der Waals surface area (Å²) >= 11 is 0. The Bertz CT molecular complexity index is 656. The van der Waals surface area contributed by atoms with Gasteiger partial charge in [-0.05, 0) is 41.8 Å². The fourth-order valence-corrected chi connectivity index (χ4v) is 2.48. The predicted molar refractivity (Wildman–Crippen MR) is 85.4 cm³/mol. The maximum atomic E-state index is 12.8. The number of carbonyl (C=O) groups is 1. The molecule has 1 saturated heterocycles. The van der Waals surface area contributed by atoms with Crippen LogP contribution < -0.4 is 15.4 Å². The van der Waals surface area contributed by atoms with Crippen LogP contribution in [0.3, 0.4) is 0 Å². The van der Waals surface area contributed by atoms with Crippen LogP contribution in [-0.2, 0) is 17.9 Å². The van der Waals surface area contributed by atoms with E-state index in [4.69, 9.17) is 4.74 Å². The summed E-state index contributed by atoms with van der Waals surface area (Å²) in [6.07, 6.45) is 0.831. The smallest absolute Gasteiger partial charge is 0.237 e. The van der Waals surface area contributed by atoms with E-state index < -0.39 is 0 Å². The molecule has 0 saturated carbocycles. The van der Waals surface area contributed by atoms with Crippen LogP contribution in [0.15, 0.2) is 48.5 Å². The van der Waals surface area contributed by atoms with Crippen molar-refractivity contribution >= 4 is 5.91 Å². The van der Waals surface area contributed by atoms with E-state index in [1.807, 2.05) is 24.3 Å². The standard InChI is InChI=1S/C18H19FN2O2/c19-15-5-1-14(2-6-15)12-23-16-7-3-13(4-8-16)11-21-17-9-10-20-18(17)22/h1-8,17,21H,9-12H2,(H,20,22)/t17-/m0/s1. The molecule has 4 nitrogen and oxygen atoms in total. The van der Waals surface area contributed by atoms with E-state index in [2.05, 4.69) is 10.6 Å². The highest BCUT2D eigenvalue weighted by Crippen LogP contribution is 2.15. The van der Waals surface area contributed by atoms with Gasteiger partial charge in [0.25, 0.3) is 0 Å². The van der Waals surface area contributed by atoms with Crippen molar-refractivity contribution in [1.29, 1.82) is 0 Å². The monoisotopic (exact) mass is 314 g/mol. The van der Waals surface area contributed by atoms with Gasteiger partial charge in [-0.1, -0.05) is 24.3 Å². The lowest BCUT2D eigenvalue weighted by molar-refractivity contribution is -0.120. The van der Waals surface area contributed by atoms with Crippen molar-refractivity contribution in [3.8, 4) is 5.75 Å². The molecule has 120 valence electrons. The van der Waals surface area contributed by atoms with Crippen molar-refractivity contribution in [2.75, 3.05) is 6.54 Å². The zero-order valence-corrected chi connectivity index (χ0v) is 12.7. The lowest BCUT2D eigenvalue weighted by atomic mass is 10.2. The molecular weight excluding hydrogens is 295 g/mol. The van der Waals surface area contributed by atoms with E-state index in [1.165, 1.54) is 12.1 Å². The molecule has 1 amide bonds. The summed E-state index contributed by atoms with van der Waals surface area (Å²) in [7, 11) is 0. The number of amides is 1. The van der Waals surface area contributed by atoms with Gasteiger partial charge in [0.1, 0.15) is 18.2 Å². The summed E-state index contributed by atoms with van der Waals surface area (Å²) in [5.41, 5.74) is 2.02. The third-order valence-corrected chi connectivity index (χ3v) is 3.84. The Morgan fingerprint density at radius 2 is 1.78 bits per heavy atom. The SMILES string of the molecule is O=C1NCC[C@@H]1NCc1ccc(OCc2ccc(F)cc2)cc1. The average molecular weight is 314 g/mol. The molecule has 0 aliphatic carbocycles. The zero-order chi connectivity index (χ0) is 16.1. The topological polar surface area (TPSA) is 50.4 Å². The van der Waals surface area contributed by atoms with Crippen LogP contribution in [0.2, 0.25) is 0 Å². The molecule has 2 aromatic rings. The molecule has 0 unspecified atom stereocenters. The molecule has 0 spiro atoms. The van der Waals surface area contributed by atoms with E-state index in [-0.39, 0.29) is 17.8 Å². The summed E-state index contributed by atoms with van der Waals surface area (Å²) < 4.78 is 18.5. The molecule has 0 bridgehead atoms. The van der Waals surface area contributed by atoms with E-state index in [1.54, 1.807) is 12.1 Å². The van der Waals surface area contributed by atoms with Gasteiger partial charge in [-0.15, -0.1) is 0 Å². The van der Waals surface area contributed by atoms with Crippen LogP contribution in [-0.4, -0.2) is 18.5 Å². The van der Waals surface area contributed by atoms with Gasteiger partial charge >= 0.3 is 0 Å². The Morgan fingerprint density at radius 3 is 2.43 bits per heavy atom. The van der Waals surface area contributed by atoms with Crippen molar-refractivity contribution in [2.24, 2.45) is 0 Å². The Balaban J connectivity index is 1.48. The van der Waals surface area contributed by atoms with Crippen LogP contribution in [0.25, 0.3) is 0 Å². The molecule has 3 rings (SSSR count). The maximum Gasteiger partial charge on any atom is 0.237 e. The second kappa shape index (κ2) is 7.24. The first-order chi connectivity index (χ1) is 11.2. The number of rotatable bonds is 6. The summed E-state index contributed by atoms with van der Waals surface area (Å²) in [5, 5.41) is 6.05. The number of carbonyl (C=O) groups excluding carboxylic acids is 1. The summed E-state index contributed by atoms with van der Waals surface area (Å²) in [6, 6.07) is 13.9. The van der Waals surface area contributed by atoms with Crippen LogP contribution in [0.5, 0.6) is 5.75 Å². The van der Waals surface area contributed by atoms with Gasteiger partial charge in [0.15, 0.2) is 0 Å². The van der Waals surface area contributed by atoms with Gasteiger partial charge in [-0.2, -0.15) is 0 Å². The third kappa shape index (κ3) is 4.29. The van der Waals surface area contributed by atoms with E-state index in [0.717, 1.165) is 29.8 Å². The van der Waals surface area contributed by atoms with Gasteiger partial charge in [-0.3, -0.25) is 4.79 Å². The molecule has 1 fully saturated rings. The van der Waals surface area contributed by atoms with Crippen molar-refractivity contribution < 1.29 is 13.9 Å². The van der Waals surface area contributed by atoms with E-state index >= 15 is 0 Å². The predicted octanol–water partition coefficient (Wildman–Crippen LogP) is 2.38. The molecule has 1 atom stereocenters. The Kier molecular flexibility index (Phi) is 4.88. The van der Waals surface area contributed by atoms with Crippen LogP contribution in [0.4, 0.5) is 4.39 Å². The first-order valence-electron chi connectivity index (χ1n) is 7.68. The van der Waals surface area contributed by atoms with E-state index in [0.29, 0.717) is 13.2 Å². The third-order valence-electron chi connectivity index (χ3n) is 3.84. The zero-order valence-electron chi connectivity index (χ0n) is 12.7. The van der Waals surface area contributed by atoms with Crippen molar-refractivity contribution in [3.63, 3.8) is 0 Å². The highest BCUT2D eigenvalue weighted by atomic mass is 19.1. The first kappa shape index (κ1) is 15.5. The highest BCUT2D eigenvalue weighted by molar-refractivity contribution is 5.83. The molecule has 1 heterocycles. The minimum atomic E-state index is -0.249. The lowest BCUT2D eigenvalue weighted by Crippen LogP contribution is -2.35. The Morgan fingerprint density at radius 1 is 1.09 bits per heavy atom. The highest BCUT2D eigenvalue weighted by Gasteiger charge is 2.22. The summed E-state index contributed by atoms with van der Waals surface area (Å²) in [4.78, 5) is 11.5. The summed E-state index contributed by atoms with van der Waals surface area (Å²) in [6.45, 7) is 1.79. The normalized spacial score (nSPS) is 17.1. The molecular formula is C18H19FN2O2. The lowest BCUT2D eigenvalue weighted by Gasteiger charge is -2.11. The quantitative estimate of drug-likeness (QED) is 0.861. The average Bonchev–Trinajstić information content (AvgIpc) is 2.98. The Hall–Kier alpha value is -2.40. The molecule has 2 N–H and O–H groups in total. The molecule has 1 aliphatic heterocycles. The van der Waals surface area contributed by atoms with Crippen LogP contribution in [0.1, 0.15) is 17.5 Å². The van der Waals surface area contributed by atoms with Gasteiger partial charge in [0, 0.05) is 13.1 Å². The van der Waals surface area contributed by atoms with Crippen molar-refractivity contribution in [3.05, 3.63) is 65.5 Å². The fraction of sp³-hybridized carbons (Fsp3) is 0.278. The fourth-order valence-electron chi connectivity index (χ4n) is 2.48. The van der Waals surface area contributed by atoms with Crippen LogP contribution in [0, 0.1) is 5.82 Å². The number of ether oxygens (including phenoxy) is 1. The number of hydrogen-bond donors (Lipinski definition) is 2. The first-order valence-corrected chi connectivity index (χ1v) is 7.68. The molecule has 2 aromatic carbocycles. The van der Waals surface area contributed by atoms with E-state index in [9.17, 15) is 9.18 Å². The molecule has 5 heteroatoms. The largest absolute Gasteiger partial charge is 0.489 e. The minimum absolute atomic E-state index is 0.0734. The number of benzene rings is 2. The summed E-state index contributed by atoms with van der Waals surface area (Å²) in [5.74, 6) is 0.586. The molecule has 23 heavy (non-hydrogen) atoms. The number of halogens is 1. The molecule has 0 radical (unpaired) electrons. The molecule has 0 aromatic heterocycles. The van der Waals surface area contributed by atoms with Gasteiger partial charge < -0.3 is 15.4 Å². The van der Waals surface area contributed by atoms with Gasteiger partial charge in [0.2, 0.25) is 5.91 Å². The minimum Gasteiger partial charge on any atom is -0.489 e. The van der Waals surface area contributed by atoms with Crippen LogP contribution >= 0.6 is 0 Å². The van der Waals surface area contributed by atoms with Gasteiger partial charge in [-0.25, -0.2) is 4.39 Å². The molecule has 1 aliphatic rings. The number of hydrogen-bond acceptors (Lipinski definition) is 3. The second-order valence-corrected chi connectivity index (χ2v) is 5.57. The van der Waals surface area contributed by atoms with Crippen molar-refractivity contribution in [2.45, 2.75) is 25.6 Å². The van der Waals surface area contributed by atoms with Gasteiger partial charge in [0.05, 0.1) is 6.04 Å². The second-order valence-electron chi connectivity index (χ2n) is 5.57. The Labute approximate surface area is 134 Å². The maximum absolute atomic E-state index is 12.8. The van der Waals surface area contributed by atoms with Crippen molar-refractivity contribution in [1.82, 2.24) is 10.6 Å². The number of nitrogens with one attached hydrogen (secondary N) is 2.